The molecule has 1 atom stereocenters. The minimum Gasteiger partial charge on any atom is -0.330 e. The molecule has 1 aromatic rings. The molecule has 1 fully saturated rings. The summed E-state index contributed by atoms with van der Waals surface area (Å²) in [5.74, 6) is -3.53. The van der Waals surface area contributed by atoms with Crippen LogP contribution >= 0.6 is 11.5 Å². The van der Waals surface area contributed by atoms with Gasteiger partial charge in [0.05, 0.1) is 23.5 Å². The summed E-state index contributed by atoms with van der Waals surface area (Å²) in [5, 5.41) is 3.67. The average molecular weight is 257 g/mol. The first-order valence-corrected chi connectivity index (χ1v) is 5.97. The monoisotopic (exact) mass is 257 g/mol. The highest BCUT2D eigenvalue weighted by Crippen LogP contribution is 2.53. The summed E-state index contributed by atoms with van der Waals surface area (Å²) in [6.07, 6.45) is 2.81. The van der Waals surface area contributed by atoms with E-state index in [1.165, 1.54) is 17.6 Å². The van der Waals surface area contributed by atoms with Crippen LogP contribution in [0.3, 0.4) is 0 Å². The number of aromatic nitrogens is 2. The first kappa shape index (κ1) is 10.8. The van der Waals surface area contributed by atoms with Crippen LogP contribution < -0.4 is 0 Å². The lowest BCUT2D eigenvalue weighted by molar-refractivity contribution is -0.125. The van der Waals surface area contributed by atoms with Crippen molar-refractivity contribution in [3.63, 3.8) is 0 Å². The summed E-state index contributed by atoms with van der Waals surface area (Å²) >= 11 is 1.21. The first-order chi connectivity index (χ1) is 8.06. The first-order valence-electron chi connectivity index (χ1n) is 5.20. The molecule has 2 aliphatic rings. The zero-order chi connectivity index (χ0) is 12.0. The zero-order valence-electron chi connectivity index (χ0n) is 8.77. The molecule has 1 aliphatic carbocycles. The largest absolute Gasteiger partial charge is 0.330 e. The molecular formula is C10H9F2N3OS. The summed E-state index contributed by atoms with van der Waals surface area (Å²) in [4.78, 5) is 14.0. The molecule has 0 bridgehead atoms. The predicted octanol–water partition coefficient (Wildman–Crippen LogP) is 1.46. The Bertz CT molecular complexity index is 486. The van der Waals surface area contributed by atoms with Crippen molar-refractivity contribution in [2.24, 2.45) is 5.92 Å². The van der Waals surface area contributed by atoms with Crippen molar-refractivity contribution in [3.8, 4) is 0 Å². The van der Waals surface area contributed by atoms with E-state index in [1.54, 1.807) is 11.1 Å². The molecule has 0 spiro atoms. The Morgan fingerprint density at radius 3 is 2.94 bits per heavy atom. The van der Waals surface area contributed by atoms with Crippen LogP contribution in [0.2, 0.25) is 0 Å². The summed E-state index contributed by atoms with van der Waals surface area (Å²) in [6.45, 7) is 0.700. The maximum absolute atomic E-state index is 12.9. The van der Waals surface area contributed by atoms with Crippen LogP contribution in [0, 0.1) is 5.92 Å². The summed E-state index contributed by atoms with van der Waals surface area (Å²) < 4.78 is 29.5. The summed E-state index contributed by atoms with van der Waals surface area (Å²) in [7, 11) is 0. The fourth-order valence-corrected chi connectivity index (χ4v) is 2.51. The van der Waals surface area contributed by atoms with Crippen molar-refractivity contribution >= 4 is 17.4 Å². The Morgan fingerprint density at radius 1 is 1.59 bits per heavy atom. The minimum atomic E-state index is -2.60. The minimum absolute atomic E-state index is 0.123. The van der Waals surface area contributed by atoms with Gasteiger partial charge in [0, 0.05) is 19.0 Å². The average Bonchev–Trinajstić information content (AvgIpc) is 2.71. The highest BCUT2D eigenvalue weighted by Gasteiger charge is 2.59. The molecule has 0 saturated heterocycles. The fraction of sp³-hybridized carbons (Fsp3) is 0.500. The molecule has 0 aromatic carbocycles. The zero-order valence-corrected chi connectivity index (χ0v) is 9.58. The van der Waals surface area contributed by atoms with Crippen LogP contribution in [0.15, 0.2) is 17.8 Å². The van der Waals surface area contributed by atoms with Crippen LogP contribution in [0.5, 0.6) is 0 Å². The molecule has 17 heavy (non-hydrogen) atoms. The standard InChI is InChI=1S/C10H9F2N3OS/c11-10(12)2-8(10)6-1-9(16)15(4-6)5-7-3-13-14-17-7/h1,3,8H,2,4-5H2. The third-order valence-electron chi connectivity index (χ3n) is 3.02. The molecule has 1 aromatic heterocycles. The van der Waals surface area contributed by atoms with Crippen molar-refractivity contribution in [3.05, 3.63) is 22.7 Å². The Kier molecular flexibility index (Phi) is 2.25. The molecule has 2 heterocycles. The van der Waals surface area contributed by atoms with E-state index in [1.807, 2.05) is 0 Å². The normalized spacial score (nSPS) is 26.2. The number of rotatable bonds is 3. The molecule has 90 valence electrons. The maximum Gasteiger partial charge on any atom is 0.255 e. The molecule has 1 saturated carbocycles. The van der Waals surface area contributed by atoms with E-state index in [9.17, 15) is 13.6 Å². The third-order valence-corrected chi connectivity index (χ3v) is 3.67. The molecule has 1 aliphatic heterocycles. The van der Waals surface area contributed by atoms with E-state index in [-0.39, 0.29) is 12.3 Å². The van der Waals surface area contributed by atoms with Crippen LogP contribution in [-0.2, 0) is 11.3 Å². The Hall–Kier alpha value is -1.37. The number of carbonyl (C=O) groups is 1. The van der Waals surface area contributed by atoms with Crippen molar-refractivity contribution in [2.75, 3.05) is 6.54 Å². The van der Waals surface area contributed by atoms with Crippen molar-refractivity contribution in [2.45, 2.75) is 18.9 Å². The molecular weight excluding hydrogens is 248 g/mol. The van der Waals surface area contributed by atoms with Gasteiger partial charge in [-0.1, -0.05) is 4.49 Å². The van der Waals surface area contributed by atoms with E-state index in [2.05, 4.69) is 9.59 Å². The van der Waals surface area contributed by atoms with Gasteiger partial charge in [0.1, 0.15) is 0 Å². The van der Waals surface area contributed by atoms with Gasteiger partial charge in [-0.2, -0.15) is 0 Å². The molecule has 0 radical (unpaired) electrons. The molecule has 7 heteroatoms. The van der Waals surface area contributed by atoms with Gasteiger partial charge in [-0.05, 0) is 17.1 Å². The van der Waals surface area contributed by atoms with Crippen molar-refractivity contribution < 1.29 is 13.6 Å². The SMILES string of the molecule is O=C1C=C(C2CC2(F)F)CN1Cc1cnns1. The Balaban J connectivity index is 1.66. The number of hydrogen-bond acceptors (Lipinski definition) is 4. The highest BCUT2D eigenvalue weighted by molar-refractivity contribution is 7.05. The van der Waals surface area contributed by atoms with E-state index >= 15 is 0 Å². The van der Waals surface area contributed by atoms with Gasteiger partial charge in [0.25, 0.3) is 5.92 Å². The Morgan fingerprint density at radius 2 is 2.35 bits per heavy atom. The quantitative estimate of drug-likeness (QED) is 0.823. The molecule has 0 N–H and O–H groups in total. The number of hydrogen-bond donors (Lipinski definition) is 0. The topological polar surface area (TPSA) is 46.1 Å². The van der Waals surface area contributed by atoms with E-state index in [4.69, 9.17) is 0 Å². The highest BCUT2D eigenvalue weighted by atomic mass is 32.1. The third kappa shape index (κ3) is 1.95. The lowest BCUT2D eigenvalue weighted by Gasteiger charge is -2.14. The van der Waals surface area contributed by atoms with E-state index < -0.39 is 11.8 Å². The number of halogens is 2. The summed E-state index contributed by atoms with van der Waals surface area (Å²) in [6, 6.07) is 0. The number of carbonyl (C=O) groups excluding carboxylic acids is 1. The second-order valence-electron chi connectivity index (χ2n) is 4.32. The smallest absolute Gasteiger partial charge is 0.255 e. The molecule has 1 unspecified atom stereocenters. The molecule has 3 rings (SSSR count). The number of amides is 1. The van der Waals surface area contributed by atoms with Gasteiger partial charge in [0.15, 0.2) is 0 Å². The lowest BCUT2D eigenvalue weighted by atomic mass is 10.2. The van der Waals surface area contributed by atoms with Crippen molar-refractivity contribution in [1.82, 2.24) is 14.5 Å². The number of nitrogens with zero attached hydrogens (tertiary/aromatic N) is 3. The Labute approximate surface area is 100 Å². The lowest BCUT2D eigenvalue weighted by Crippen LogP contribution is -2.25. The molecule has 1 amide bonds. The van der Waals surface area contributed by atoms with Crippen LogP contribution in [0.25, 0.3) is 0 Å². The van der Waals surface area contributed by atoms with Gasteiger partial charge < -0.3 is 4.90 Å². The van der Waals surface area contributed by atoms with Gasteiger partial charge in [-0.3, -0.25) is 4.79 Å². The van der Waals surface area contributed by atoms with Gasteiger partial charge in [0.2, 0.25) is 5.91 Å². The predicted molar refractivity (Wildman–Crippen MR) is 56.5 cm³/mol. The van der Waals surface area contributed by atoms with E-state index in [0.29, 0.717) is 18.7 Å². The molecule has 4 nitrogen and oxygen atoms in total. The fourth-order valence-electron chi connectivity index (χ4n) is 2.00. The van der Waals surface area contributed by atoms with Gasteiger partial charge in [-0.25, -0.2) is 8.78 Å². The van der Waals surface area contributed by atoms with Crippen LogP contribution in [0.4, 0.5) is 8.78 Å². The second-order valence-corrected chi connectivity index (χ2v) is 5.19. The van der Waals surface area contributed by atoms with Crippen molar-refractivity contribution in [1.29, 1.82) is 0 Å². The van der Waals surface area contributed by atoms with E-state index in [0.717, 1.165) is 4.88 Å². The van der Waals surface area contributed by atoms with Crippen LogP contribution in [0.1, 0.15) is 11.3 Å². The number of alkyl halides is 2. The van der Waals surface area contributed by atoms with Gasteiger partial charge in [-0.15, -0.1) is 5.10 Å². The second kappa shape index (κ2) is 3.56. The van der Waals surface area contributed by atoms with Crippen LogP contribution in [-0.4, -0.2) is 32.9 Å². The van der Waals surface area contributed by atoms with Gasteiger partial charge >= 0.3 is 0 Å². The summed E-state index contributed by atoms with van der Waals surface area (Å²) in [5.41, 5.74) is 0.553. The maximum atomic E-state index is 12.9.